The van der Waals surface area contributed by atoms with Crippen molar-refractivity contribution < 1.29 is 4.79 Å². The first kappa shape index (κ1) is 15.1. The SMILES string of the molecule is CC(C)N(CC(N)=O)c1ccc(CNC2CC2)c(Cl)c1. The fourth-order valence-electron chi connectivity index (χ4n) is 2.14. The summed E-state index contributed by atoms with van der Waals surface area (Å²) in [6.45, 7) is 5.05. The number of halogens is 1. The topological polar surface area (TPSA) is 58.4 Å². The molecule has 0 saturated heterocycles. The number of nitrogens with zero attached hydrogens (tertiary/aromatic N) is 1. The van der Waals surface area contributed by atoms with Gasteiger partial charge in [0.2, 0.25) is 5.91 Å². The number of primary amides is 1. The van der Waals surface area contributed by atoms with Crippen LogP contribution in [0.15, 0.2) is 18.2 Å². The summed E-state index contributed by atoms with van der Waals surface area (Å²) >= 11 is 6.34. The third kappa shape index (κ3) is 4.12. The summed E-state index contributed by atoms with van der Waals surface area (Å²) in [6.07, 6.45) is 2.52. The number of nitrogens with one attached hydrogen (secondary N) is 1. The molecule has 2 rings (SSSR count). The number of amides is 1. The van der Waals surface area contributed by atoms with Gasteiger partial charge in [0.25, 0.3) is 0 Å². The van der Waals surface area contributed by atoms with Gasteiger partial charge in [-0.05, 0) is 44.4 Å². The highest BCUT2D eigenvalue weighted by molar-refractivity contribution is 6.31. The second-order valence-corrected chi connectivity index (χ2v) is 6.03. The molecule has 110 valence electrons. The quantitative estimate of drug-likeness (QED) is 0.811. The predicted molar refractivity (Wildman–Crippen MR) is 83.0 cm³/mol. The van der Waals surface area contributed by atoms with Gasteiger partial charge in [0.15, 0.2) is 0 Å². The van der Waals surface area contributed by atoms with Crippen LogP contribution in [0.5, 0.6) is 0 Å². The van der Waals surface area contributed by atoms with Crippen molar-refractivity contribution >= 4 is 23.2 Å². The molecule has 1 aromatic carbocycles. The van der Waals surface area contributed by atoms with Gasteiger partial charge in [-0.15, -0.1) is 0 Å². The van der Waals surface area contributed by atoms with Crippen molar-refractivity contribution in [3.63, 3.8) is 0 Å². The van der Waals surface area contributed by atoms with Crippen LogP contribution in [0.25, 0.3) is 0 Å². The van der Waals surface area contributed by atoms with E-state index in [0.29, 0.717) is 6.04 Å². The van der Waals surface area contributed by atoms with Crippen LogP contribution in [0.4, 0.5) is 5.69 Å². The Morgan fingerprint density at radius 1 is 1.50 bits per heavy atom. The Hall–Kier alpha value is -1.26. The Bertz CT molecular complexity index is 486. The monoisotopic (exact) mass is 295 g/mol. The molecule has 1 aliphatic carbocycles. The zero-order valence-electron chi connectivity index (χ0n) is 12.0. The van der Waals surface area contributed by atoms with Crippen molar-refractivity contribution in [3.8, 4) is 0 Å². The van der Waals surface area contributed by atoms with E-state index in [9.17, 15) is 4.79 Å². The maximum absolute atomic E-state index is 11.2. The van der Waals surface area contributed by atoms with Crippen LogP contribution in [0.3, 0.4) is 0 Å². The fourth-order valence-corrected chi connectivity index (χ4v) is 2.38. The Kier molecular flexibility index (Phi) is 4.89. The largest absolute Gasteiger partial charge is 0.368 e. The number of nitrogens with two attached hydrogens (primary N) is 1. The van der Waals surface area contributed by atoms with Crippen molar-refractivity contribution in [1.29, 1.82) is 0 Å². The van der Waals surface area contributed by atoms with Crippen LogP contribution < -0.4 is 16.0 Å². The minimum Gasteiger partial charge on any atom is -0.368 e. The number of anilines is 1. The second-order valence-electron chi connectivity index (χ2n) is 5.62. The highest BCUT2D eigenvalue weighted by Crippen LogP contribution is 2.26. The molecule has 0 radical (unpaired) electrons. The van der Waals surface area contributed by atoms with Crippen LogP contribution in [0.1, 0.15) is 32.3 Å². The fraction of sp³-hybridized carbons (Fsp3) is 0.533. The third-order valence-corrected chi connectivity index (χ3v) is 3.83. The Morgan fingerprint density at radius 2 is 2.20 bits per heavy atom. The van der Waals surface area contributed by atoms with Crippen LogP contribution >= 0.6 is 11.6 Å². The van der Waals surface area contributed by atoms with Crippen LogP contribution in [0, 0.1) is 0 Å². The molecular weight excluding hydrogens is 274 g/mol. The molecule has 1 fully saturated rings. The summed E-state index contributed by atoms with van der Waals surface area (Å²) in [5.41, 5.74) is 7.32. The van der Waals surface area contributed by atoms with E-state index in [4.69, 9.17) is 17.3 Å². The molecule has 1 amide bonds. The average molecular weight is 296 g/mol. The van der Waals surface area contributed by atoms with Crippen molar-refractivity contribution in [2.45, 2.75) is 45.3 Å². The second kappa shape index (κ2) is 6.46. The first-order valence-electron chi connectivity index (χ1n) is 7.04. The van der Waals surface area contributed by atoms with E-state index in [-0.39, 0.29) is 18.5 Å². The van der Waals surface area contributed by atoms with Gasteiger partial charge in [-0.3, -0.25) is 4.79 Å². The van der Waals surface area contributed by atoms with Crippen LogP contribution in [-0.4, -0.2) is 24.5 Å². The minimum atomic E-state index is -0.339. The lowest BCUT2D eigenvalue weighted by atomic mass is 10.1. The molecular formula is C15H22ClN3O. The van der Waals surface area contributed by atoms with Crippen molar-refractivity contribution in [1.82, 2.24) is 5.32 Å². The van der Waals surface area contributed by atoms with Crippen LogP contribution in [-0.2, 0) is 11.3 Å². The number of rotatable bonds is 7. The van der Waals surface area contributed by atoms with E-state index in [1.807, 2.05) is 36.9 Å². The standard InChI is InChI=1S/C15H22ClN3O/c1-10(2)19(9-15(17)20)13-6-3-11(14(16)7-13)8-18-12-4-5-12/h3,6-7,10,12,18H,4-5,8-9H2,1-2H3,(H2,17,20). The first-order chi connectivity index (χ1) is 9.47. The van der Waals surface area contributed by atoms with Gasteiger partial charge >= 0.3 is 0 Å². The van der Waals surface area contributed by atoms with E-state index in [0.717, 1.165) is 22.8 Å². The summed E-state index contributed by atoms with van der Waals surface area (Å²) in [6, 6.07) is 6.78. The first-order valence-corrected chi connectivity index (χ1v) is 7.42. The Balaban J connectivity index is 2.10. The molecule has 5 heteroatoms. The zero-order chi connectivity index (χ0) is 14.7. The van der Waals surface area contributed by atoms with Gasteiger partial charge in [-0.25, -0.2) is 0 Å². The van der Waals surface area contributed by atoms with Crippen molar-refractivity contribution in [3.05, 3.63) is 28.8 Å². The lowest BCUT2D eigenvalue weighted by Crippen LogP contribution is -2.38. The molecule has 0 spiro atoms. The third-order valence-electron chi connectivity index (χ3n) is 3.48. The average Bonchev–Trinajstić information content (AvgIpc) is 3.18. The molecule has 0 bridgehead atoms. The van der Waals surface area contributed by atoms with Crippen molar-refractivity contribution in [2.75, 3.05) is 11.4 Å². The molecule has 1 aliphatic rings. The number of carbonyl (C=O) groups excluding carboxylic acids is 1. The molecule has 20 heavy (non-hydrogen) atoms. The van der Waals surface area contributed by atoms with E-state index in [2.05, 4.69) is 5.32 Å². The normalized spacial score (nSPS) is 14.6. The number of benzene rings is 1. The highest BCUT2D eigenvalue weighted by Gasteiger charge is 2.20. The Morgan fingerprint density at radius 3 is 2.70 bits per heavy atom. The summed E-state index contributed by atoms with van der Waals surface area (Å²) in [5.74, 6) is -0.339. The maximum atomic E-state index is 11.2. The molecule has 0 heterocycles. The molecule has 4 nitrogen and oxygen atoms in total. The molecule has 3 N–H and O–H groups in total. The van der Waals surface area contributed by atoms with E-state index < -0.39 is 0 Å². The number of hydrogen-bond acceptors (Lipinski definition) is 3. The molecule has 1 aromatic rings. The van der Waals surface area contributed by atoms with E-state index >= 15 is 0 Å². The molecule has 1 saturated carbocycles. The number of hydrogen-bond donors (Lipinski definition) is 2. The smallest absolute Gasteiger partial charge is 0.236 e. The van der Waals surface area contributed by atoms with Crippen molar-refractivity contribution in [2.24, 2.45) is 5.73 Å². The van der Waals surface area contributed by atoms with Gasteiger partial charge in [0, 0.05) is 29.3 Å². The zero-order valence-corrected chi connectivity index (χ0v) is 12.8. The van der Waals surface area contributed by atoms with E-state index in [1.165, 1.54) is 12.8 Å². The lowest BCUT2D eigenvalue weighted by Gasteiger charge is -2.28. The molecule has 0 atom stereocenters. The van der Waals surface area contributed by atoms with Gasteiger partial charge in [0.1, 0.15) is 0 Å². The molecule has 0 unspecified atom stereocenters. The predicted octanol–water partition coefficient (Wildman–Crippen LogP) is 2.29. The Labute approximate surface area is 125 Å². The highest BCUT2D eigenvalue weighted by atomic mass is 35.5. The lowest BCUT2D eigenvalue weighted by molar-refractivity contribution is -0.116. The van der Waals surface area contributed by atoms with E-state index in [1.54, 1.807) is 0 Å². The number of carbonyl (C=O) groups is 1. The maximum Gasteiger partial charge on any atom is 0.236 e. The summed E-state index contributed by atoms with van der Waals surface area (Å²) in [4.78, 5) is 13.1. The summed E-state index contributed by atoms with van der Waals surface area (Å²) in [7, 11) is 0. The molecule has 0 aliphatic heterocycles. The summed E-state index contributed by atoms with van der Waals surface area (Å²) < 4.78 is 0. The van der Waals surface area contributed by atoms with Gasteiger partial charge in [-0.1, -0.05) is 17.7 Å². The van der Waals surface area contributed by atoms with Gasteiger partial charge in [-0.2, -0.15) is 0 Å². The minimum absolute atomic E-state index is 0.189. The van der Waals surface area contributed by atoms with Crippen LogP contribution in [0.2, 0.25) is 5.02 Å². The summed E-state index contributed by atoms with van der Waals surface area (Å²) in [5, 5.41) is 4.17. The van der Waals surface area contributed by atoms with Gasteiger partial charge in [0.05, 0.1) is 6.54 Å². The van der Waals surface area contributed by atoms with Gasteiger partial charge < -0.3 is 16.0 Å². The molecule has 0 aromatic heterocycles.